The van der Waals surface area contributed by atoms with E-state index in [9.17, 15) is 0 Å². The summed E-state index contributed by atoms with van der Waals surface area (Å²) in [6.45, 7) is 3.56. The number of rotatable bonds is 1. The molecule has 1 aromatic carbocycles. The number of hydrogen-bond acceptors (Lipinski definition) is 2. The summed E-state index contributed by atoms with van der Waals surface area (Å²) in [4.78, 5) is 2.69. The highest BCUT2D eigenvalue weighted by Crippen LogP contribution is 2.36. The Labute approximate surface area is 122 Å². The summed E-state index contributed by atoms with van der Waals surface area (Å²) in [5.41, 5.74) is 5.26. The first-order valence-corrected chi connectivity index (χ1v) is 8.47. The smallest absolute Gasteiger partial charge is 0.0402 e. The second kappa shape index (κ2) is 5.07. The van der Waals surface area contributed by atoms with Gasteiger partial charge in [0.05, 0.1) is 0 Å². The highest BCUT2D eigenvalue weighted by Gasteiger charge is 2.38. The van der Waals surface area contributed by atoms with Gasteiger partial charge in [0.2, 0.25) is 0 Å². The van der Waals surface area contributed by atoms with Gasteiger partial charge in [0, 0.05) is 30.9 Å². The third-order valence-electron chi connectivity index (χ3n) is 5.65. The molecule has 1 spiro atoms. The molecule has 1 aromatic rings. The van der Waals surface area contributed by atoms with Crippen LogP contribution >= 0.6 is 0 Å². The van der Waals surface area contributed by atoms with Crippen molar-refractivity contribution in [3.05, 3.63) is 29.3 Å². The van der Waals surface area contributed by atoms with Crippen molar-refractivity contribution in [3.8, 4) is 0 Å². The van der Waals surface area contributed by atoms with Crippen molar-refractivity contribution >= 4 is 5.69 Å². The van der Waals surface area contributed by atoms with Crippen molar-refractivity contribution in [3.63, 3.8) is 0 Å². The molecule has 2 fully saturated rings. The Morgan fingerprint density at radius 1 is 1.00 bits per heavy atom. The molecule has 1 heterocycles. The third kappa shape index (κ3) is 2.14. The summed E-state index contributed by atoms with van der Waals surface area (Å²) in [7, 11) is 0. The Bertz CT molecular complexity index is 488. The molecule has 1 aliphatic heterocycles. The summed E-state index contributed by atoms with van der Waals surface area (Å²) >= 11 is 0. The molecule has 108 valence electrons. The average molecular weight is 270 g/mol. The van der Waals surface area contributed by atoms with Gasteiger partial charge in [-0.3, -0.25) is 0 Å². The van der Waals surface area contributed by atoms with Gasteiger partial charge in [-0.1, -0.05) is 25.0 Å². The molecule has 1 N–H and O–H groups in total. The number of piperazine rings is 1. The zero-order valence-corrected chi connectivity index (χ0v) is 12.5. The highest BCUT2D eigenvalue weighted by molar-refractivity contribution is 5.58. The molecule has 4 rings (SSSR count). The Hall–Kier alpha value is -1.02. The van der Waals surface area contributed by atoms with Crippen LogP contribution in [0.2, 0.25) is 0 Å². The number of nitrogens with one attached hydrogen (secondary N) is 1. The van der Waals surface area contributed by atoms with Crippen molar-refractivity contribution in [1.29, 1.82) is 0 Å². The molecule has 2 aliphatic carbocycles. The summed E-state index contributed by atoms with van der Waals surface area (Å²) in [6.07, 6.45) is 10.9. The highest BCUT2D eigenvalue weighted by atomic mass is 15.2. The number of hydrogen-bond donors (Lipinski definition) is 1. The molecular formula is C18H26N2. The van der Waals surface area contributed by atoms with Crippen molar-refractivity contribution in [2.45, 2.75) is 56.9 Å². The number of nitrogens with zero attached hydrogens (tertiary/aromatic N) is 1. The van der Waals surface area contributed by atoms with Crippen molar-refractivity contribution in [2.24, 2.45) is 0 Å². The lowest BCUT2D eigenvalue weighted by Crippen LogP contribution is -2.59. The van der Waals surface area contributed by atoms with Crippen molar-refractivity contribution in [1.82, 2.24) is 5.32 Å². The molecule has 20 heavy (non-hydrogen) atoms. The normalized spacial score (nSPS) is 24.9. The van der Waals surface area contributed by atoms with E-state index in [0.717, 1.165) is 6.54 Å². The number of aryl methyl sites for hydroxylation is 1. The van der Waals surface area contributed by atoms with Crippen LogP contribution in [0, 0.1) is 0 Å². The molecular weight excluding hydrogens is 244 g/mol. The van der Waals surface area contributed by atoms with E-state index in [1.165, 1.54) is 64.5 Å². The minimum absolute atomic E-state index is 0.426. The second-order valence-corrected chi connectivity index (χ2v) is 6.96. The van der Waals surface area contributed by atoms with Crippen LogP contribution in [0.5, 0.6) is 0 Å². The summed E-state index contributed by atoms with van der Waals surface area (Å²) in [6, 6.07) is 7.01. The molecule has 0 atom stereocenters. The van der Waals surface area contributed by atoms with E-state index in [2.05, 4.69) is 28.4 Å². The van der Waals surface area contributed by atoms with Gasteiger partial charge in [-0.25, -0.2) is 0 Å². The number of anilines is 1. The Morgan fingerprint density at radius 3 is 2.75 bits per heavy atom. The van der Waals surface area contributed by atoms with Gasteiger partial charge >= 0.3 is 0 Å². The molecule has 0 unspecified atom stereocenters. The molecule has 1 saturated carbocycles. The van der Waals surface area contributed by atoms with Gasteiger partial charge < -0.3 is 10.2 Å². The maximum Gasteiger partial charge on any atom is 0.0402 e. The van der Waals surface area contributed by atoms with E-state index in [1.807, 2.05) is 0 Å². The minimum Gasteiger partial charge on any atom is -0.368 e. The van der Waals surface area contributed by atoms with Crippen LogP contribution < -0.4 is 10.2 Å². The van der Waals surface area contributed by atoms with Gasteiger partial charge in [-0.05, 0) is 55.7 Å². The summed E-state index contributed by atoms with van der Waals surface area (Å²) in [5.74, 6) is 0. The molecule has 0 bridgehead atoms. The largest absolute Gasteiger partial charge is 0.368 e. The fraction of sp³-hybridized carbons (Fsp3) is 0.667. The van der Waals surface area contributed by atoms with Crippen LogP contribution in [0.4, 0.5) is 5.69 Å². The second-order valence-electron chi connectivity index (χ2n) is 6.96. The first-order chi connectivity index (χ1) is 9.86. The van der Waals surface area contributed by atoms with Gasteiger partial charge in [-0.2, -0.15) is 0 Å². The van der Waals surface area contributed by atoms with E-state index in [0.29, 0.717) is 5.54 Å². The van der Waals surface area contributed by atoms with Gasteiger partial charge in [-0.15, -0.1) is 0 Å². The Kier molecular flexibility index (Phi) is 3.22. The quantitative estimate of drug-likeness (QED) is 0.842. The lowest BCUT2D eigenvalue weighted by molar-refractivity contribution is 0.303. The zero-order chi connectivity index (χ0) is 13.4. The maximum absolute atomic E-state index is 3.83. The Balaban J connectivity index is 1.64. The number of fused-ring (bicyclic) bond motifs is 1. The molecule has 3 aliphatic rings. The molecule has 2 nitrogen and oxygen atoms in total. The van der Waals surface area contributed by atoms with Crippen molar-refractivity contribution in [2.75, 3.05) is 24.5 Å². The molecule has 0 amide bonds. The first kappa shape index (κ1) is 12.7. The predicted octanol–water partition coefficient (Wildman–Crippen LogP) is 3.29. The Morgan fingerprint density at radius 2 is 1.85 bits per heavy atom. The SMILES string of the molecule is c1cc2c(c(N3CCNC4(CCCC4)C3)c1)CCCC2. The maximum atomic E-state index is 3.83. The topological polar surface area (TPSA) is 15.3 Å². The van der Waals surface area contributed by atoms with E-state index in [4.69, 9.17) is 0 Å². The summed E-state index contributed by atoms with van der Waals surface area (Å²) in [5, 5.41) is 3.83. The first-order valence-electron chi connectivity index (χ1n) is 8.47. The monoisotopic (exact) mass is 270 g/mol. The van der Waals surface area contributed by atoms with E-state index >= 15 is 0 Å². The molecule has 0 radical (unpaired) electrons. The molecule has 0 aromatic heterocycles. The minimum atomic E-state index is 0.426. The van der Waals surface area contributed by atoms with Crippen LogP contribution in [0.1, 0.15) is 49.7 Å². The van der Waals surface area contributed by atoms with Gasteiger partial charge in [0.25, 0.3) is 0 Å². The summed E-state index contributed by atoms with van der Waals surface area (Å²) < 4.78 is 0. The van der Waals surface area contributed by atoms with Crippen LogP contribution in [0.25, 0.3) is 0 Å². The molecule has 1 saturated heterocycles. The number of benzene rings is 1. The lowest BCUT2D eigenvalue weighted by Gasteiger charge is -2.43. The fourth-order valence-electron chi connectivity index (χ4n) is 4.61. The standard InChI is InChI=1S/C18H26N2/c1-2-8-16-15(6-1)7-5-9-17(16)20-13-12-19-18(14-20)10-3-4-11-18/h5,7,9,19H,1-4,6,8,10-14H2. The van der Waals surface area contributed by atoms with E-state index in [1.54, 1.807) is 16.8 Å². The van der Waals surface area contributed by atoms with Crippen LogP contribution in [-0.2, 0) is 12.8 Å². The van der Waals surface area contributed by atoms with E-state index in [-0.39, 0.29) is 0 Å². The van der Waals surface area contributed by atoms with Crippen molar-refractivity contribution < 1.29 is 0 Å². The molecule has 2 heteroatoms. The van der Waals surface area contributed by atoms with Crippen LogP contribution in [0.3, 0.4) is 0 Å². The zero-order valence-electron chi connectivity index (χ0n) is 12.5. The van der Waals surface area contributed by atoms with E-state index < -0.39 is 0 Å². The van der Waals surface area contributed by atoms with Gasteiger partial charge in [0.15, 0.2) is 0 Å². The van der Waals surface area contributed by atoms with Gasteiger partial charge in [0.1, 0.15) is 0 Å². The average Bonchev–Trinajstić information content (AvgIpc) is 2.94. The third-order valence-corrected chi connectivity index (χ3v) is 5.65. The van der Waals surface area contributed by atoms with Crippen LogP contribution in [-0.4, -0.2) is 25.2 Å². The predicted molar refractivity (Wildman–Crippen MR) is 84.5 cm³/mol. The lowest BCUT2D eigenvalue weighted by atomic mass is 9.88. The van der Waals surface area contributed by atoms with Crippen LogP contribution in [0.15, 0.2) is 18.2 Å². The fourth-order valence-corrected chi connectivity index (χ4v) is 4.61.